The Morgan fingerprint density at radius 3 is 2.56 bits per heavy atom. The van der Waals surface area contributed by atoms with E-state index < -0.39 is 0 Å². The summed E-state index contributed by atoms with van der Waals surface area (Å²) in [5.74, 6) is -0.264. The highest BCUT2D eigenvalue weighted by Crippen LogP contribution is 2.40. The average Bonchev–Trinajstić information content (AvgIpc) is 2.78. The van der Waals surface area contributed by atoms with Crippen molar-refractivity contribution in [3.63, 3.8) is 0 Å². The van der Waals surface area contributed by atoms with Crippen LogP contribution < -0.4 is 4.90 Å². The maximum absolute atomic E-state index is 13.2. The largest absolute Gasteiger partial charge is 0.297 e. The lowest BCUT2D eigenvalue weighted by atomic mass is 9.91. The third kappa shape index (κ3) is 2.74. The lowest BCUT2D eigenvalue weighted by Gasteiger charge is -2.27. The summed E-state index contributed by atoms with van der Waals surface area (Å²) < 4.78 is 0. The fourth-order valence-corrected chi connectivity index (χ4v) is 3.63. The Kier molecular flexibility index (Phi) is 4.09. The Bertz CT molecular complexity index is 861. The van der Waals surface area contributed by atoms with Gasteiger partial charge in [0.1, 0.15) is 5.71 Å². The first-order valence-corrected chi connectivity index (χ1v) is 8.60. The molecule has 0 saturated carbocycles. The molecule has 0 radical (unpaired) electrons. The predicted octanol–water partition coefficient (Wildman–Crippen LogP) is 3.35. The Morgan fingerprint density at radius 2 is 1.84 bits per heavy atom. The number of benzene rings is 1. The zero-order chi connectivity index (χ0) is 17.4. The molecule has 1 amide bonds. The van der Waals surface area contributed by atoms with Crippen LogP contribution in [0.5, 0.6) is 0 Å². The van der Waals surface area contributed by atoms with E-state index >= 15 is 0 Å². The first-order chi connectivity index (χ1) is 12.2. The quantitative estimate of drug-likeness (QED) is 0.832. The molecule has 2 aromatic rings. The van der Waals surface area contributed by atoms with E-state index in [-0.39, 0.29) is 17.9 Å². The van der Waals surface area contributed by atoms with Crippen LogP contribution in [-0.2, 0) is 4.79 Å². The topological polar surface area (TPSA) is 57.9 Å². The molecule has 6 heteroatoms. The molecule has 1 saturated heterocycles. The third-order valence-corrected chi connectivity index (χ3v) is 4.87. The summed E-state index contributed by atoms with van der Waals surface area (Å²) in [4.78, 5) is 28.6. The Labute approximate surface area is 151 Å². The monoisotopic (exact) mass is 352 g/mol. The highest BCUT2D eigenvalue weighted by molar-refractivity contribution is 6.50. The Balaban J connectivity index is 1.89. The van der Waals surface area contributed by atoms with E-state index in [1.807, 2.05) is 37.3 Å². The van der Waals surface area contributed by atoms with Crippen molar-refractivity contribution >= 4 is 34.6 Å². The first-order valence-electron chi connectivity index (χ1n) is 8.22. The van der Waals surface area contributed by atoms with Gasteiger partial charge < -0.3 is 0 Å². The molecule has 3 heterocycles. The van der Waals surface area contributed by atoms with Crippen LogP contribution in [0.4, 0.5) is 5.69 Å². The van der Waals surface area contributed by atoms with Crippen molar-refractivity contribution in [2.24, 2.45) is 15.9 Å². The number of halogens is 1. The minimum Gasteiger partial charge on any atom is -0.297 e. The summed E-state index contributed by atoms with van der Waals surface area (Å²) >= 11 is 6.02. The second kappa shape index (κ2) is 6.41. The van der Waals surface area contributed by atoms with Gasteiger partial charge in [0.2, 0.25) is 0 Å². The van der Waals surface area contributed by atoms with Gasteiger partial charge in [0.25, 0.3) is 5.91 Å². The number of amides is 1. The van der Waals surface area contributed by atoms with E-state index in [4.69, 9.17) is 11.6 Å². The molecule has 5 nitrogen and oxygen atoms in total. The second-order valence-electron chi connectivity index (χ2n) is 6.12. The molecular weight excluding hydrogens is 336 g/mol. The predicted molar refractivity (Wildman–Crippen MR) is 99.7 cm³/mol. The van der Waals surface area contributed by atoms with Gasteiger partial charge in [0, 0.05) is 22.6 Å². The molecule has 0 spiro atoms. The number of hydrogen-bond acceptors (Lipinski definition) is 4. The van der Waals surface area contributed by atoms with E-state index in [0.29, 0.717) is 23.8 Å². The molecule has 0 N–H and O–H groups in total. The molecule has 25 heavy (non-hydrogen) atoms. The minimum atomic E-state index is -0.254. The van der Waals surface area contributed by atoms with Crippen molar-refractivity contribution < 1.29 is 4.79 Å². The van der Waals surface area contributed by atoms with E-state index in [1.165, 1.54) is 0 Å². The SMILES string of the molecule is CC1=NCCN=C2C(=O)N(c3ccc(Cl)cc3)[C@H](c3ccccn3)C12. The van der Waals surface area contributed by atoms with E-state index in [9.17, 15) is 4.79 Å². The molecule has 1 aromatic carbocycles. The zero-order valence-corrected chi connectivity index (χ0v) is 14.5. The molecule has 0 aliphatic carbocycles. The van der Waals surface area contributed by atoms with Crippen molar-refractivity contribution in [1.82, 2.24) is 4.98 Å². The molecule has 0 bridgehead atoms. The lowest BCUT2D eigenvalue weighted by Crippen LogP contribution is -2.31. The zero-order valence-electron chi connectivity index (χ0n) is 13.8. The molecule has 2 aliphatic heterocycles. The first kappa shape index (κ1) is 16.0. The number of nitrogens with zero attached hydrogens (tertiary/aromatic N) is 4. The summed E-state index contributed by atoms with van der Waals surface area (Å²) in [5, 5.41) is 0.633. The highest BCUT2D eigenvalue weighted by Gasteiger charge is 2.49. The summed E-state index contributed by atoms with van der Waals surface area (Å²) in [5.41, 5.74) is 3.12. The van der Waals surface area contributed by atoms with Crippen LogP contribution in [0.2, 0.25) is 5.02 Å². The number of carbonyl (C=O) groups excluding carboxylic acids is 1. The number of hydrogen-bond donors (Lipinski definition) is 0. The molecule has 126 valence electrons. The van der Waals surface area contributed by atoms with Crippen LogP contribution >= 0.6 is 11.6 Å². The smallest absolute Gasteiger partial charge is 0.273 e. The van der Waals surface area contributed by atoms with E-state index in [2.05, 4.69) is 15.0 Å². The lowest BCUT2D eigenvalue weighted by molar-refractivity contribution is -0.112. The van der Waals surface area contributed by atoms with Crippen molar-refractivity contribution in [1.29, 1.82) is 0 Å². The minimum absolute atomic E-state index is 0.0839. The molecule has 4 rings (SSSR count). The summed E-state index contributed by atoms with van der Waals surface area (Å²) in [6.07, 6.45) is 1.75. The van der Waals surface area contributed by atoms with Crippen molar-refractivity contribution in [3.05, 3.63) is 59.4 Å². The number of rotatable bonds is 2. The Hall–Kier alpha value is -2.53. The number of anilines is 1. The van der Waals surface area contributed by atoms with Crippen molar-refractivity contribution in [3.8, 4) is 0 Å². The van der Waals surface area contributed by atoms with Crippen LogP contribution in [0, 0.1) is 5.92 Å². The maximum Gasteiger partial charge on any atom is 0.273 e. The highest BCUT2D eigenvalue weighted by atomic mass is 35.5. The number of fused-ring (bicyclic) bond motifs is 1. The van der Waals surface area contributed by atoms with Crippen molar-refractivity contribution in [2.75, 3.05) is 18.0 Å². The van der Waals surface area contributed by atoms with Gasteiger partial charge in [-0.15, -0.1) is 0 Å². The number of carbonyl (C=O) groups is 1. The van der Waals surface area contributed by atoms with Gasteiger partial charge in [-0.2, -0.15) is 0 Å². The van der Waals surface area contributed by atoms with Gasteiger partial charge >= 0.3 is 0 Å². The van der Waals surface area contributed by atoms with Gasteiger partial charge in [-0.05, 0) is 43.3 Å². The van der Waals surface area contributed by atoms with Crippen LogP contribution in [0.15, 0.2) is 58.6 Å². The van der Waals surface area contributed by atoms with Gasteiger partial charge in [-0.1, -0.05) is 17.7 Å². The molecule has 1 aromatic heterocycles. The Morgan fingerprint density at radius 1 is 1.08 bits per heavy atom. The molecule has 2 atom stereocenters. The van der Waals surface area contributed by atoms with Crippen LogP contribution in [0.1, 0.15) is 18.7 Å². The fraction of sp³-hybridized carbons (Fsp3) is 0.263. The number of pyridine rings is 1. The van der Waals surface area contributed by atoms with Crippen LogP contribution in [0.3, 0.4) is 0 Å². The molecule has 1 fully saturated rings. The third-order valence-electron chi connectivity index (χ3n) is 4.62. The van der Waals surface area contributed by atoms with E-state index in [1.54, 1.807) is 23.2 Å². The maximum atomic E-state index is 13.2. The molecular formula is C19H17ClN4O. The van der Waals surface area contributed by atoms with Gasteiger partial charge in [-0.25, -0.2) is 0 Å². The van der Waals surface area contributed by atoms with Gasteiger partial charge in [0.05, 0.1) is 30.7 Å². The van der Waals surface area contributed by atoms with Crippen LogP contribution in [-0.4, -0.2) is 35.4 Å². The molecule has 1 unspecified atom stereocenters. The number of aliphatic imine (C=N–C) groups is 2. The summed E-state index contributed by atoms with van der Waals surface area (Å²) in [6.45, 7) is 3.13. The van der Waals surface area contributed by atoms with Crippen LogP contribution in [0.25, 0.3) is 0 Å². The number of aromatic nitrogens is 1. The summed E-state index contributed by atoms with van der Waals surface area (Å²) in [7, 11) is 0. The average molecular weight is 353 g/mol. The van der Waals surface area contributed by atoms with Crippen molar-refractivity contribution in [2.45, 2.75) is 13.0 Å². The second-order valence-corrected chi connectivity index (χ2v) is 6.56. The van der Waals surface area contributed by atoms with E-state index in [0.717, 1.165) is 17.1 Å². The summed E-state index contributed by atoms with van der Waals surface area (Å²) in [6, 6.07) is 12.8. The van der Waals surface area contributed by atoms with Gasteiger partial charge in [0.15, 0.2) is 0 Å². The molecule has 2 aliphatic rings. The normalized spacial score (nSPS) is 23.0. The standard InChI is InChI=1S/C19H17ClN4O/c1-12-16-17(23-11-10-21-12)19(25)24(14-7-5-13(20)6-8-14)18(16)15-4-2-3-9-22-15/h2-9,16,18H,10-11H2,1H3/t16?,18-/m1/s1. The fourth-order valence-electron chi connectivity index (χ4n) is 3.50. The van der Waals surface area contributed by atoms with Gasteiger partial charge in [-0.3, -0.25) is 24.7 Å².